The number of aryl methyl sites for hydroxylation is 5. The SMILES string of the molecule is Cc1cc(C)c(-n2c(C)cc([C@@H]3[C@H](c4ccccn4)NC(=S)N3c3ccc(NS(C)(=O)=O)c(C)c3)c2C)c(C)c1. The molecule has 3 heterocycles. The molecular weight excluding hydrogens is 539 g/mol. The van der Waals surface area contributed by atoms with Gasteiger partial charge in [-0.3, -0.25) is 9.71 Å². The van der Waals surface area contributed by atoms with Crippen molar-refractivity contribution in [2.45, 2.75) is 53.6 Å². The van der Waals surface area contributed by atoms with Gasteiger partial charge in [0, 0.05) is 23.3 Å². The first kappa shape index (κ1) is 27.9. The molecule has 40 heavy (non-hydrogen) atoms. The van der Waals surface area contributed by atoms with Crippen LogP contribution in [-0.4, -0.2) is 29.3 Å². The number of rotatable bonds is 6. The number of pyridine rings is 1. The molecule has 5 rings (SSSR count). The summed E-state index contributed by atoms with van der Waals surface area (Å²) in [6.45, 7) is 12.7. The van der Waals surface area contributed by atoms with Crippen molar-refractivity contribution < 1.29 is 8.42 Å². The minimum Gasteiger partial charge on any atom is -0.351 e. The van der Waals surface area contributed by atoms with Crippen LogP contribution in [-0.2, 0) is 10.0 Å². The largest absolute Gasteiger partial charge is 0.351 e. The van der Waals surface area contributed by atoms with Gasteiger partial charge in [-0.25, -0.2) is 8.42 Å². The minimum absolute atomic E-state index is 0.179. The van der Waals surface area contributed by atoms with Crippen LogP contribution in [0.4, 0.5) is 11.4 Å². The first-order valence-electron chi connectivity index (χ1n) is 13.2. The Hall–Kier alpha value is -3.69. The quantitative estimate of drug-likeness (QED) is 0.265. The van der Waals surface area contributed by atoms with Crippen LogP contribution in [0.5, 0.6) is 0 Å². The van der Waals surface area contributed by atoms with Crippen LogP contribution in [0.3, 0.4) is 0 Å². The molecule has 0 amide bonds. The predicted octanol–water partition coefficient (Wildman–Crippen LogP) is 6.27. The highest BCUT2D eigenvalue weighted by Gasteiger charge is 2.42. The van der Waals surface area contributed by atoms with E-state index in [1.54, 1.807) is 12.3 Å². The topological polar surface area (TPSA) is 79.3 Å². The zero-order valence-corrected chi connectivity index (χ0v) is 25.5. The van der Waals surface area contributed by atoms with Gasteiger partial charge in [-0.15, -0.1) is 0 Å². The van der Waals surface area contributed by atoms with Crippen LogP contribution < -0.4 is 14.9 Å². The number of thiocarbonyl (C=S) groups is 1. The van der Waals surface area contributed by atoms with Gasteiger partial charge in [-0.05, 0) is 112 Å². The van der Waals surface area contributed by atoms with Crippen molar-refractivity contribution in [2.75, 3.05) is 15.9 Å². The number of hydrogen-bond donors (Lipinski definition) is 2. The number of nitrogens with zero attached hydrogens (tertiary/aromatic N) is 3. The minimum atomic E-state index is -3.40. The molecule has 0 saturated carbocycles. The number of anilines is 2. The molecule has 9 heteroatoms. The molecule has 1 aliphatic rings. The maximum Gasteiger partial charge on any atom is 0.229 e. The summed E-state index contributed by atoms with van der Waals surface area (Å²) in [5.41, 5.74) is 11.5. The van der Waals surface area contributed by atoms with Crippen LogP contribution in [0.1, 0.15) is 57.0 Å². The van der Waals surface area contributed by atoms with Crippen molar-refractivity contribution >= 4 is 38.7 Å². The van der Waals surface area contributed by atoms with Crippen LogP contribution in [0, 0.1) is 41.5 Å². The first-order chi connectivity index (χ1) is 18.9. The second-order valence-electron chi connectivity index (χ2n) is 10.8. The molecule has 1 fully saturated rings. The van der Waals surface area contributed by atoms with Crippen LogP contribution in [0.15, 0.2) is 60.8 Å². The lowest BCUT2D eigenvalue weighted by Crippen LogP contribution is -2.29. The van der Waals surface area contributed by atoms with E-state index in [9.17, 15) is 8.42 Å². The Labute approximate surface area is 242 Å². The maximum absolute atomic E-state index is 11.9. The monoisotopic (exact) mass is 573 g/mol. The summed E-state index contributed by atoms with van der Waals surface area (Å²) in [6, 6.07) is 18.0. The molecule has 0 radical (unpaired) electrons. The van der Waals surface area contributed by atoms with Gasteiger partial charge in [0.05, 0.1) is 35.4 Å². The van der Waals surface area contributed by atoms with Gasteiger partial charge in [0.15, 0.2) is 5.11 Å². The third kappa shape index (κ3) is 5.11. The highest BCUT2D eigenvalue weighted by Crippen LogP contribution is 2.44. The average Bonchev–Trinajstić information content (AvgIpc) is 3.35. The normalized spacial score (nSPS) is 17.3. The predicted molar refractivity (Wildman–Crippen MR) is 167 cm³/mol. The third-order valence-corrected chi connectivity index (χ3v) is 8.43. The highest BCUT2D eigenvalue weighted by molar-refractivity contribution is 7.92. The Balaban J connectivity index is 1.68. The third-order valence-electron chi connectivity index (χ3n) is 7.53. The molecule has 1 saturated heterocycles. The molecule has 2 aromatic carbocycles. The molecule has 4 aromatic rings. The number of aromatic nitrogens is 2. The molecule has 2 aromatic heterocycles. The fraction of sp³-hybridized carbons (Fsp3) is 0.290. The van der Waals surface area contributed by atoms with E-state index in [1.165, 1.54) is 22.4 Å². The lowest BCUT2D eigenvalue weighted by atomic mass is 9.96. The van der Waals surface area contributed by atoms with Gasteiger partial charge in [-0.1, -0.05) is 23.8 Å². The summed E-state index contributed by atoms with van der Waals surface area (Å²) in [7, 11) is -3.40. The van der Waals surface area contributed by atoms with Crippen molar-refractivity contribution in [3.8, 4) is 5.69 Å². The van der Waals surface area contributed by atoms with Gasteiger partial charge in [0.25, 0.3) is 0 Å². The van der Waals surface area contributed by atoms with Crippen molar-refractivity contribution in [2.24, 2.45) is 0 Å². The van der Waals surface area contributed by atoms with Crippen molar-refractivity contribution in [3.05, 3.63) is 106 Å². The molecule has 208 valence electrons. The van der Waals surface area contributed by atoms with Gasteiger partial charge in [-0.2, -0.15) is 0 Å². The summed E-state index contributed by atoms with van der Waals surface area (Å²) < 4.78 is 28.7. The molecule has 1 aliphatic heterocycles. The Bertz CT molecular complexity index is 1710. The fourth-order valence-corrected chi connectivity index (χ4v) is 6.99. The molecule has 0 aliphatic carbocycles. The van der Waals surface area contributed by atoms with Crippen LogP contribution >= 0.6 is 12.2 Å². The van der Waals surface area contributed by atoms with E-state index in [2.05, 4.69) is 72.3 Å². The maximum atomic E-state index is 11.9. The summed E-state index contributed by atoms with van der Waals surface area (Å²) in [5.74, 6) is 0. The summed E-state index contributed by atoms with van der Waals surface area (Å²) in [6.07, 6.45) is 2.96. The van der Waals surface area contributed by atoms with E-state index in [4.69, 9.17) is 17.2 Å². The van der Waals surface area contributed by atoms with Gasteiger partial charge >= 0.3 is 0 Å². The number of sulfonamides is 1. The smallest absolute Gasteiger partial charge is 0.229 e. The van der Waals surface area contributed by atoms with Gasteiger partial charge in [0.1, 0.15) is 0 Å². The molecular formula is C31H35N5O2S2. The van der Waals surface area contributed by atoms with Gasteiger partial charge in [0.2, 0.25) is 10.0 Å². The van der Waals surface area contributed by atoms with E-state index in [0.717, 1.165) is 40.2 Å². The summed E-state index contributed by atoms with van der Waals surface area (Å²) in [4.78, 5) is 6.83. The molecule has 7 nitrogen and oxygen atoms in total. The summed E-state index contributed by atoms with van der Waals surface area (Å²) in [5, 5.41) is 4.13. The van der Waals surface area contributed by atoms with E-state index < -0.39 is 10.0 Å². The van der Waals surface area contributed by atoms with E-state index in [-0.39, 0.29) is 12.1 Å². The number of nitrogens with one attached hydrogen (secondary N) is 2. The average molecular weight is 574 g/mol. The highest BCUT2D eigenvalue weighted by atomic mass is 32.2. The second-order valence-corrected chi connectivity index (χ2v) is 12.9. The molecule has 0 spiro atoms. The second kappa shape index (κ2) is 10.4. The Morgan fingerprint density at radius 2 is 1.62 bits per heavy atom. The Morgan fingerprint density at radius 1 is 0.925 bits per heavy atom. The number of hydrogen-bond acceptors (Lipinski definition) is 4. The first-order valence-corrected chi connectivity index (χ1v) is 15.5. The van der Waals surface area contributed by atoms with Gasteiger partial charge < -0.3 is 14.8 Å². The van der Waals surface area contributed by atoms with Crippen molar-refractivity contribution in [1.82, 2.24) is 14.9 Å². The molecule has 0 unspecified atom stereocenters. The molecule has 2 N–H and O–H groups in total. The molecule has 2 atom stereocenters. The van der Waals surface area contributed by atoms with Crippen LogP contribution in [0.2, 0.25) is 0 Å². The van der Waals surface area contributed by atoms with E-state index in [1.807, 2.05) is 37.3 Å². The van der Waals surface area contributed by atoms with E-state index >= 15 is 0 Å². The van der Waals surface area contributed by atoms with E-state index in [0.29, 0.717) is 10.8 Å². The molecule has 0 bridgehead atoms. The lowest BCUT2D eigenvalue weighted by Gasteiger charge is -2.29. The fourth-order valence-electron chi connectivity index (χ4n) is 6.02. The Morgan fingerprint density at radius 3 is 2.23 bits per heavy atom. The van der Waals surface area contributed by atoms with Crippen LogP contribution in [0.25, 0.3) is 5.69 Å². The zero-order chi connectivity index (χ0) is 28.9. The zero-order valence-electron chi connectivity index (χ0n) is 23.9. The Kier molecular flexibility index (Phi) is 7.22. The van der Waals surface area contributed by atoms with Crippen molar-refractivity contribution in [3.63, 3.8) is 0 Å². The van der Waals surface area contributed by atoms with Crippen molar-refractivity contribution in [1.29, 1.82) is 0 Å². The summed E-state index contributed by atoms with van der Waals surface area (Å²) >= 11 is 5.94. The standard InChI is InChI=1S/C31H35N5O2S2/c1-18-14-20(3)29(21(4)15-18)35-22(5)17-25(23(35)6)30-28(27-10-8-9-13-32-27)33-31(39)36(30)24-11-12-26(19(2)16-24)34-40(7,37)38/h8-17,28,30,34H,1-7H3,(H,33,39)/t28-,30+/m0/s1. The lowest BCUT2D eigenvalue weighted by molar-refractivity contribution is 0.565. The number of benzene rings is 2.